The summed E-state index contributed by atoms with van der Waals surface area (Å²) in [4.78, 5) is 0.0997. The van der Waals surface area contributed by atoms with Gasteiger partial charge in [0.05, 0.1) is 16.3 Å². The summed E-state index contributed by atoms with van der Waals surface area (Å²) >= 11 is 5.80. The van der Waals surface area contributed by atoms with Gasteiger partial charge in [0.15, 0.2) is 0 Å². The number of hydrogen-bond acceptors (Lipinski definition) is 3. The Labute approximate surface area is 117 Å². The van der Waals surface area contributed by atoms with Crippen LogP contribution >= 0.6 is 11.6 Å². The molecular weight excluding hydrogens is 284 g/mol. The Morgan fingerprint density at radius 3 is 2.47 bits per heavy atom. The minimum Gasteiger partial charge on any atom is -0.397 e. The van der Waals surface area contributed by atoms with E-state index in [1.807, 2.05) is 0 Å². The van der Waals surface area contributed by atoms with Crippen LogP contribution in [0.2, 0.25) is 5.02 Å². The Morgan fingerprint density at radius 2 is 1.84 bits per heavy atom. The Kier molecular flexibility index (Phi) is 3.68. The quantitative estimate of drug-likeness (QED) is 0.855. The van der Waals surface area contributed by atoms with Crippen LogP contribution in [0.25, 0.3) is 0 Å². The zero-order valence-corrected chi connectivity index (χ0v) is 11.8. The molecule has 2 rings (SSSR count). The fraction of sp³-hybridized carbons (Fsp3) is 0.0769. The van der Waals surface area contributed by atoms with Gasteiger partial charge in [0.25, 0.3) is 10.0 Å². The molecule has 0 amide bonds. The summed E-state index contributed by atoms with van der Waals surface area (Å²) in [5.41, 5.74) is 7.31. The van der Waals surface area contributed by atoms with Gasteiger partial charge >= 0.3 is 0 Å². The van der Waals surface area contributed by atoms with Crippen molar-refractivity contribution in [1.82, 2.24) is 0 Å². The van der Waals surface area contributed by atoms with Crippen LogP contribution in [0.1, 0.15) is 5.56 Å². The second-order valence-corrected chi connectivity index (χ2v) is 6.22. The van der Waals surface area contributed by atoms with Gasteiger partial charge in [0, 0.05) is 5.02 Å². The molecule has 0 atom stereocenters. The van der Waals surface area contributed by atoms with E-state index >= 15 is 0 Å². The summed E-state index contributed by atoms with van der Waals surface area (Å²) in [7, 11) is -3.70. The van der Waals surface area contributed by atoms with Crippen LogP contribution in [0, 0.1) is 6.92 Å². The van der Waals surface area contributed by atoms with Crippen molar-refractivity contribution in [3.63, 3.8) is 0 Å². The van der Waals surface area contributed by atoms with E-state index in [1.54, 1.807) is 37.3 Å². The van der Waals surface area contributed by atoms with E-state index in [0.29, 0.717) is 16.4 Å². The van der Waals surface area contributed by atoms with Crippen molar-refractivity contribution < 1.29 is 8.42 Å². The van der Waals surface area contributed by atoms with Crippen molar-refractivity contribution in [3.05, 3.63) is 53.1 Å². The fourth-order valence-corrected chi connectivity index (χ4v) is 3.12. The van der Waals surface area contributed by atoms with Crippen LogP contribution in [0.15, 0.2) is 47.4 Å². The molecule has 0 aliphatic rings. The summed E-state index contributed by atoms with van der Waals surface area (Å²) in [6, 6.07) is 11.2. The Bertz CT molecular complexity index is 694. The molecule has 0 aromatic heterocycles. The molecular formula is C13H13ClN2O2S. The maximum atomic E-state index is 12.2. The zero-order chi connectivity index (χ0) is 14.0. The minimum absolute atomic E-state index is 0.0997. The van der Waals surface area contributed by atoms with Gasteiger partial charge < -0.3 is 5.73 Å². The standard InChI is InChI=1S/C13H13ClN2O2S/c1-9-4-2-7-12(15)13(9)16-19(17,18)11-6-3-5-10(14)8-11/h2-8,16H,15H2,1H3. The van der Waals surface area contributed by atoms with Crippen molar-refractivity contribution in [1.29, 1.82) is 0 Å². The largest absolute Gasteiger partial charge is 0.397 e. The van der Waals surface area contributed by atoms with E-state index in [9.17, 15) is 8.42 Å². The highest BCUT2D eigenvalue weighted by molar-refractivity contribution is 7.92. The summed E-state index contributed by atoms with van der Waals surface area (Å²) in [5, 5.41) is 0.362. The molecule has 0 bridgehead atoms. The van der Waals surface area contributed by atoms with Gasteiger partial charge in [-0.05, 0) is 36.8 Å². The van der Waals surface area contributed by atoms with E-state index in [0.717, 1.165) is 5.56 Å². The predicted octanol–water partition coefficient (Wildman–Crippen LogP) is 3.03. The maximum Gasteiger partial charge on any atom is 0.262 e. The van der Waals surface area contributed by atoms with E-state index < -0.39 is 10.0 Å². The number of anilines is 2. The van der Waals surface area contributed by atoms with Gasteiger partial charge in [-0.25, -0.2) is 8.42 Å². The SMILES string of the molecule is Cc1cccc(N)c1NS(=O)(=O)c1cccc(Cl)c1. The molecule has 0 aliphatic carbocycles. The van der Waals surface area contributed by atoms with Gasteiger partial charge in [0.2, 0.25) is 0 Å². The molecule has 0 fully saturated rings. The number of hydrogen-bond donors (Lipinski definition) is 2. The molecule has 6 heteroatoms. The maximum absolute atomic E-state index is 12.2. The van der Waals surface area contributed by atoms with Crippen LogP contribution in [-0.2, 0) is 10.0 Å². The second-order valence-electron chi connectivity index (χ2n) is 4.10. The number of aryl methyl sites for hydroxylation is 1. The highest BCUT2D eigenvalue weighted by Crippen LogP contribution is 2.26. The molecule has 0 aliphatic heterocycles. The molecule has 19 heavy (non-hydrogen) atoms. The molecule has 0 heterocycles. The van der Waals surface area contributed by atoms with Gasteiger partial charge in [-0.3, -0.25) is 4.72 Å². The first-order chi connectivity index (χ1) is 8.90. The summed E-state index contributed by atoms with van der Waals surface area (Å²) in [6.07, 6.45) is 0. The summed E-state index contributed by atoms with van der Waals surface area (Å²) in [5.74, 6) is 0. The van der Waals surface area contributed by atoms with Crippen LogP contribution < -0.4 is 10.5 Å². The lowest BCUT2D eigenvalue weighted by Gasteiger charge is -2.12. The van der Waals surface area contributed by atoms with Gasteiger partial charge in [0.1, 0.15) is 0 Å². The minimum atomic E-state index is -3.70. The van der Waals surface area contributed by atoms with Crippen molar-refractivity contribution >= 4 is 33.0 Å². The normalized spacial score (nSPS) is 11.3. The Hall–Kier alpha value is -1.72. The third-order valence-electron chi connectivity index (χ3n) is 2.65. The van der Waals surface area contributed by atoms with E-state index in [2.05, 4.69) is 4.72 Å². The van der Waals surface area contributed by atoms with Crippen LogP contribution in [0.4, 0.5) is 11.4 Å². The fourth-order valence-electron chi connectivity index (χ4n) is 1.66. The van der Waals surface area contributed by atoms with E-state index in [4.69, 9.17) is 17.3 Å². The Balaban J connectivity index is 2.42. The number of rotatable bonds is 3. The first-order valence-corrected chi connectivity index (χ1v) is 7.40. The highest BCUT2D eigenvalue weighted by atomic mass is 35.5. The molecule has 2 aromatic carbocycles. The zero-order valence-electron chi connectivity index (χ0n) is 10.2. The molecule has 100 valence electrons. The lowest BCUT2D eigenvalue weighted by molar-refractivity contribution is 0.601. The number of benzene rings is 2. The summed E-state index contributed by atoms with van der Waals surface area (Å²) < 4.78 is 27.0. The second kappa shape index (κ2) is 5.11. The molecule has 3 N–H and O–H groups in total. The summed E-state index contributed by atoms with van der Waals surface area (Å²) in [6.45, 7) is 1.78. The van der Waals surface area contributed by atoms with Crippen molar-refractivity contribution in [3.8, 4) is 0 Å². The third kappa shape index (κ3) is 3.00. The molecule has 0 saturated carbocycles. The topological polar surface area (TPSA) is 72.2 Å². The van der Waals surface area contributed by atoms with Crippen LogP contribution in [-0.4, -0.2) is 8.42 Å². The van der Waals surface area contributed by atoms with Crippen molar-refractivity contribution in [2.24, 2.45) is 0 Å². The number of sulfonamides is 1. The van der Waals surface area contributed by atoms with Crippen molar-refractivity contribution in [2.45, 2.75) is 11.8 Å². The van der Waals surface area contributed by atoms with Crippen molar-refractivity contribution in [2.75, 3.05) is 10.5 Å². The third-order valence-corrected chi connectivity index (χ3v) is 4.23. The average molecular weight is 297 g/mol. The average Bonchev–Trinajstić information content (AvgIpc) is 2.34. The number of halogens is 1. The monoisotopic (exact) mass is 296 g/mol. The number of nitrogen functional groups attached to an aromatic ring is 1. The first-order valence-electron chi connectivity index (χ1n) is 5.53. The van der Waals surface area contributed by atoms with E-state index in [1.165, 1.54) is 12.1 Å². The highest BCUT2D eigenvalue weighted by Gasteiger charge is 2.16. The first kappa shape index (κ1) is 13.7. The van der Waals surface area contributed by atoms with Gasteiger partial charge in [-0.2, -0.15) is 0 Å². The number of nitrogens with two attached hydrogens (primary N) is 1. The molecule has 4 nitrogen and oxygen atoms in total. The molecule has 0 unspecified atom stereocenters. The molecule has 0 spiro atoms. The Morgan fingerprint density at radius 1 is 1.16 bits per heavy atom. The number of para-hydroxylation sites is 1. The lowest BCUT2D eigenvalue weighted by Crippen LogP contribution is -2.15. The van der Waals surface area contributed by atoms with E-state index in [-0.39, 0.29) is 4.90 Å². The molecule has 2 aromatic rings. The number of nitrogens with one attached hydrogen (secondary N) is 1. The molecule has 0 saturated heterocycles. The van der Waals surface area contributed by atoms with Gasteiger partial charge in [-0.1, -0.05) is 29.8 Å². The van der Waals surface area contributed by atoms with Crippen LogP contribution in [0.3, 0.4) is 0 Å². The molecule has 0 radical (unpaired) electrons. The van der Waals surface area contributed by atoms with Gasteiger partial charge in [-0.15, -0.1) is 0 Å². The lowest BCUT2D eigenvalue weighted by atomic mass is 10.2. The smallest absolute Gasteiger partial charge is 0.262 e. The predicted molar refractivity (Wildman–Crippen MR) is 77.9 cm³/mol. The van der Waals surface area contributed by atoms with Crippen LogP contribution in [0.5, 0.6) is 0 Å².